The van der Waals surface area contributed by atoms with Crippen molar-refractivity contribution in [3.63, 3.8) is 0 Å². The van der Waals surface area contributed by atoms with Gasteiger partial charge in [0.1, 0.15) is 0 Å². The van der Waals surface area contributed by atoms with Gasteiger partial charge >= 0.3 is 0 Å². The summed E-state index contributed by atoms with van der Waals surface area (Å²) in [5.74, 6) is 1.66. The second-order valence-corrected chi connectivity index (χ2v) is 5.67. The summed E-state index contributed by atoms with van der Waals surface area (Å²) in [6.07, 6.45) is 0.839. The summed E-state index contributed by atoms with van der Waals surface area (Å²) in [7, 11) is 1.65. The molecule has 1 N–H and O–H groups in total. The van der Waals surface area contributed by atoms with Crippen molar-refractivity contribution in [2.24, 2.45) is 0 Å². The van der Waals surface area contributed by atoms with Gasteiger partial charge in [-0.2, -0.15) is 0 Å². The third kappa shape index (κ3) is 6.06. The number of hydrogen-bond donors (Lipinski definition) is 1. The molecule has 0 spiro atoms. The molecule has 1 aliphatic rings. The van der Waals surface area contributed by atoms with Crippen LogP contribution >= 0.6 is 12.4 Å². The van der Waals surface area contributed by atoms with Gasteiger partial charge in [0.05, 0.1) is 26.4 Å². The van der Waals surface area contributed by atoms with Crippen LogP contribution in [0.2, 0.25) is 0 Å². The summed E-state index contributed by atoms with van der Waals surface area (Å²) in [5, 5.41) is 3.10. The molecule has 0 bridgehead atoms. The Morgan fingerprint density at radius 3 is 2.40 bits per heavy atom. The summed E-state index contributed by atoms with van der Waals surface area (Å²) in [5.41, 5.74) is 2.37. The maximum Gasteiger partial charge on any atom is 0.236 e. The molecule has 1 aromatic rings. The molecule has 7 heteroatoms. The van der Waals surface area contributed by atoms with Crippen molar-refractivity contribution in [3.8, 4) is 11.5 Å². The number of halogens is 1. The van der Waals surface area contributed by atoms with Gasteiger partial charge in [-0.3, -0.25) is 4.79 Å². The third-order valence-electron chi connectivity index (χ3n) is 3.99. The molecule has 0 saturated heterocycles. The van der Waals surface area contributed by atoms with E-state index in [1.165, 1.54) is 5.56 Å². The van der Waals surface area contributed by atoms with Crippen molar-refractivity contribution < 1.29 is 19.0 Å². The molecule has 0 fully saturated rings. The van der Waals surface area contributed by atoms with Crippen molar-refractivity contribution in [3.05, 3.63) is 23.3 Å². The lowest BCUT2D eigenvalue weighted by molar-refractivity contribution is -0.131. The number of methoxy groups -OCH3 is 1. The fourth-order valence-electron chi connectivity index (χ4n) is 2.79. The molecule has 1 aromatic carbocycles. The van der Waals surface area contributed by atoms with Crippen LogP contribution in [0.1, 0.15) is 25.0 Å². The van der Waals surface area contributed by atoms with Gasteiger partial charge in [0.15, 0.2) is 11.5 Å². The second kappa shape index (κ2) is 11.2. The number of nitrogens with one attached hydrogen (secondary N) is 1. The Balaban J connectivity index is 0.00000312. The molecule has 0 atom stereocenters. The smallest absolute Gasteiger partial charge is 0.236 e. The average Bonchev–Trinajstić information content (AvgIpc) is 2.59. The van der Waals surface area contributed by atoms with Crippen molar-refractivity contribution in [1.82, 2.24) is 10.2 Å². The van der Waals surface area contributed by atoms with E-state index >= 15 is 0 Å². The van der Waals surface area contributed by atoms with E-state index in [1.54, 1.807) is 7.11 Å². The van der Waals surface area contributed by atoms with Crippen molar-refractivity contribution >= 4 is 18.3 Å². The molecule has 0 aromatic heterocycles. The van der Waals surface area contributed by atoms with Crippen molar-refractivity contribution in [2.45, 2.75) is 26.8 Å². The Hall–Kier alpha value is -1.50. The van der Waals surface area contributed by atoms with E-state index in [1.807, 2.05) is 24.8 Å². The molecule has 1 heterocycles. The van der Waals surface area contributed by atoms with Crippen LogP contribution in [0.3, 0.4) is 0 Å². The normalized spacial score (nSPS) is 13.0. The standard InChI is InChI=1S/C18H28N2O4.ClH/c1-4-23-16-10-14-6-8-20(18(21)12-19-7-9-22-3)13-15(14)11-17(16)24-5-2;/h10-11,19H,4-9,12-13H2,1-3H3;1H. The number of fused-ring (bicyclic) bond motifs is 1. The minimum absolute atomic E-state index is 0. The Bertz CT molecular complexity index is 554. The van der Waals surface area contributed by atoms with Crippen LogP contribution in [0.15, 0.2) is 12.1 Å². The van der Waals surface area contributed by atoms with Crippen molar-refractivity contribution in [2.75, 3.05) is 46.6 Å². The highest BCUT2D eigenvalue weighted by molar-refractivity contribution is 5.85. The monoisotopic (exact) mass is 372 g/mol. The Labute approximate surface area is 156 Å². The first kappa shape index (κ1) is 21.5. The predicted molar refractivity (Wildman–Crippen MR) is 99.9 cm³/mol. The number of carbonyl (C=O) groups is 1. The topological polar surface area (TPSA) is 60.0 Å². The fraction of sp³-hybridized carbons (Fsp3) is 0.611. The lowest BCUT2D eigenvalue weighted by Crippen LogP contribution is -2.41. The van der Waals surface area contributed by atoms with Gasteiger partial charge in [-0.15, -0.1) is 12.4 Å². The molecule has 1 aliphatic heterocycles. The molecule has 0 radical (unpaired) electrons. The van der Waals surface area contributed by atoms with Crippen LogP contribution in [0, 0.1) is 0 Å². The highest BCUT2D eigenvalue weighted by atomic mass is 35.5. The highest BCUT2D eigenvalue weighted by Crippen LogP contribution is 2.33. The molecule has 25 heavy (non-hydrogen) atoms. The van der Waals surface area contributed by atoms with Gasteiger partial charge in [-0.05, 0) is 43.5 Å². The van der Waals surface area contributed by atoms with Crippen LogP contribution in [0.5, 0.6) is 11.5 Å². The molecule has 1 amide bonds. The minimum atomic E-state index is 0. The zero-order chi connectivity index (χ0) is 17.4. The Morgan fingerprint density at radius 1 is 1.16 bits per heavy atom. The molecule has 0 aliphatic carbocycles. The Kier molecular flexibility index (Phi) is 9.63. The molecule has 0 unspecified atom stereocenters. The van der Waals surface area contributed by atoms with Crippen molar-refractivity contribution in [1.29, 1.82) is 0 Å². The van der Waals surface area contributed by atoms with Crippen LogP contribution < -0.4 is 14.8 Å². The zero-order valence-electron chi connectivity index (χ0n) is 15.3. The minimum Gasteiger partial charge on any atom is -0.490 e. The first-order chi connectivity index (χ1) is 11.7. The van der Waals surface area contributed by atoms with Crippen LogP contribution in [0.4, 0.5) is 0 Å². The molecule has 142 valence electrons. The SMILES string of the molecule is CCOc1cc2c(cc1OCC)CN(C(=O)CNCCOC)CC2.Cl. The first-order valence-electron chi connectivity index (χ1n) is 8.58. The summed E-state index contributed by atoms with van der Waals surface area (Å²) < 4.78 is 16.3. The van der Waals surface area contributed by atoms with Crippen LogP contribution in [-0.2, 0) is 22.5 Å². The van der Waals surface area contributed by atoms with E-state index in [4.69, 9.17) is 14.2 Å². The lowest BCUT2D eigenvalue weighted by Gasteiger charge is -2.30. The fourth-order valence-corrected chi connectivity index (χ4v) is 2.79. The largest absolute Gasteiger partial charge is 0.490 e. The summed E-state index contributed by atoms with van der Waals surface area (Å²) >= 11 is 0. The number of amides is 1. The maximum absolute atomic E-state index is 12.3. The van der Waals surface area contributed by atoms with E-state index in [9.17, 15) is 4.79 Å². The lowest BCUT2D eigenvalue weighted by atomic mass is 9.98. The second-order valence-electron chi connectivity index (χ2n) is 5.67. The van der Waals surface area contributed by atoms with Gasteiger partial charge in [-0.25, -0.2) is 0 Å². The number of carbonyl (C=O) groups excluding carboxylic acids is 1. The van der Waals surface area contributed by atoms with Gasteiger partial charge < -0.3 is 24.4 Å². The number of rotatable bonds is 9. The van der Waals surface area contributed by atoms with Crippen LogP contribution in [-0.4, -0.2) is 57.4 Å². The third-order valence-corrected chi connectivity index (χ3v) is 3.99. The molecule has 2 rings (SSSR count). The van der Waals surface area contributed by atoms with E-state index < -0.39 is 0 Å². The van der Waals surface area contributed by atoms with Gasteiger partial charge in [0.25, 0.3) is 0 Å². The van der Waals surface area contributed by atoms with E-state index in [0.717, 1.165) is 30.0 Å². The molecular formula is C18H29ClN2O4. The Morgan fingerprint density at radius 2 is 1.80 bits per heavy atom. The summed E-state index contributed by atoms with van der Waals surface area (Å²) in [6, 6.07) is 4.07. The van der Waals surface area contributed by atoms with E-state index in [2.05, 4.69) is 11.4 Å². The van der Waals surface area contributed by atoms with E-state index in [0.29, 0.717) is 39.5 Å². The van der Waals surface area contributed by atoms with E-state index in [-0.39, 0.29) is 18.3 Å². The summed E-state index contributed by atoms with van der Waals surface area (Å²) in [6.45, 7) is 8.09. The maximum atomic E-state index is 12.3. The van der Waals surface area contributed by atoms with Gasteiger partial charge in [-0.1, -0.05) is 0 Å². The van der Waals surface area contributed by atoms with Gasteiger partial charge in [0.2, 0.25) is 5.91 Å². The number of nitrogens with zero attached hydrogens (tertiary/aromatic N) is 1. The summed E-state index contributed by atoms with van der Waals surface area (Å²) in [4.78, 5) is 14.2. The zero-order valence-corrected chi connectivity index (χ0v) is 16.1. The van der Waals surface area contributed by atoms with Crippen LogP contribution in [0.25, 0.3) is 0 Å². The highest BCUT2D eigenvalue weighted by Gasteiger charge is 2.22. The number of benzene rings is 1. The number of hydrogen-bond acceptors (Lipinski definition) is 5. The first-order valence-corrected chi connectivity index (χ1v) is 8.58. The quantitative estimate of drug-likeness (QED) is 0.672. The van der Waals surface area contributed by atoms with Gasteiger partial charge in [0, 0.05) is 26.7 Å². The number of ether oxygens (including phenoxy) is 3. The predicted octanol–water partition coefficient (Wildman–Crippen LogP) is 2.03. The molecule has 0 saturated carbocycles. The molecular weight excluding hydrogens is 344 g/mol. The molecule has 6 nitrogen and oxygen atoms in total. The average molecular weight is 373 g/mol.